The highest BCUT2D eigenvalue weighted by atomic mass is 79.9. The van der Waals surface area contributed by atoms with E-state index in [2.05, 4.69) is 44.0 Å². The van der Waals surface area contributed by atoms with Crippen LogP contribution < -0.4 is 10.6 Å². The second-order valence-corrected chi connectivity index (χ2v) is 6.08. The zero-order valence-corrected chi connectivity index (χ0v) is 11.9. The Labute approximate surface area is 116 Å². The summed E-state index contributed by atoms with van der Waals surface area (Å²) in [7, 11) is 0. The smallest absolute Gasteiger partial charge is 0.196 e. The lowest BCUT2D eigenvalue weighted by molar-refractivity contribution is 0.450. The maximum absolute atomic E-state index is 6.08. The number of hydrogen-bond acceptors (Lipinski definition) is 3. The van der Waals surface area contributed by atoms with E-state index < -0.39 is 0 Å². The molecule has 1 heterocycles. The quantitative estimate of drug-likeness (QED) is 0.912. The Hall–Kier alpha value is -1.03. The van der Waals surface area contributed by atoms with E-state index in [1.807, 2.05) is 6.07 Å². The summed E-state index contributed by atoms with van der Waals surface area (Å²) in [5, 5.41) is 0. The van der Waals surface area contributed by atoms with Gasteiger partial charge in [0, 0.05) is 10.2 Å². The molecule has 0 bridgehead atoms. The first-order valence-corrected chi connectivity index (χ1v) is 7.40. The Morgan fingerprint density at radius 1 is 1.28 bits per heavy atom. The van der Waals surface area contributed by atoms with Gasteiger partial charge in [0.25, 0.3) is 0 Å². The van der Waals surface area contributed by atoms with Crippen LogP contribution >= 0.6 is 15.9 Å². The maximum atomic E-state index is 6.08. The van der Waals surface area contributed by atoms with E-state index in [1.54, 1.807) is 0 Å². The van der Waals surface area contributed by atoms with Crippen molar-refractivity contribution in [2.45, 2.75) is 31.7 Å². The first-order valence-electron chi connectivity index (χ1n) is 6.60. The summed E-state index contributed by atoms with van der Waals surface area (Å²) in [6.07, 6.45) is 5.34. The minimum atomic E-state index is 0.460. The lowest BCUT2D eigenvalue weighted by Crippen LogP contribution is -2.44. The standard InChI is InChI=1S/C14H18BrN3/c15-11-6-3-7-12(8-11)18-13(9-17-14(18)16)10-4-1-2-5-10/h3,6-8,10,13H,1-2,4-5,9H2,(H2,16,17). The fourth-order valence-corrected chi connectivity index (χ4v) is 3.55. The van der Waals surface area contributed by atoms with Gasteiger partial charge in [0.05, 0.1) is 12.6 Å². The predicted molar refractivity (Wildman–Crippen MR) is 78.9 cm³/mol. The van der Waals surface area contributed by atoms with Gasteiger partial charge in [-0.25, -0.2) is 0 Å². The van der Waals surface area contributed by atoms with Crippen LogP contribution in [0.5, 0.6) is 0 Å². The van der Waals surface area contributed by atoms with E-state index in [1.165, 1.54) is 25.7 Å². The van der Waals surface area contributed by atoms with Gasteiger partial charge < -0.3 is 10.6 Å². The number of anilines is 1. The molecule has 0 saturated heterocycles. The van der Waals surface area contributed by atoms with Crippen LogP contribution in [0.15, 0.2) is 33.7 Å². The van der Waals surface area contributed by atoms with Crippen LogP contribution in [0.2, 0.25) is 0 Å². The van der Waals surface area contributed by atoms with Crippen molar-refractivity contribution in [3.05, 3.63) is 28.7 Å². The highest BCUT2D eigenvalue weighted by Crippen LogP contribution is 2.35. The van der Waals surface area contributed by atoms with Gasteiger partial charge in [-0.1, -0.05) is 34.8 Å². The van der Waals surface area contributed by atoms with Crippen molar-refractivity contribution in [1.82, 2.24) is 0 Å². The zero-order chi connectivity index (χ0) is 12.5. The number of guanidine groups is 1. The van der Waals surface area contributed by atoms with Gasteiger partial charge in [0.15, 0.2) is 5.96 Å². The maximum Gasteiger partial charge on any atom is 0.196 e. The van der Waals surface area contributed by atoms with E-state index in [4.69, 9.17) is 5.73 Å². The Bertz CT molecular complexity index is 466. The molecule has 0 aromatic heterocycles. The van der Waals surface area contributed by atoms with Crippen LogP contribution in [-0.2, 0) is 0 Å². The summed E-state index contributed by atoms with van der Waals surface area (Å²) in [5.74, 6) is 1.42. The van der Waals surface area contributed by atoms with Crippen molar-refractivity contribution in [3.8, 4) is 0 Å². The monoisotopic (exact) mass is 307 g/mol. The highest BCUT2D eigenvalue weighted by molar-refractivity contribution is 9.10. The summed E-state index contributed by atoms with van der Waals surface area (Å²) in [6.45, 7) is 0.850. The molecule has 1 aromatic carbocycles. The van der Waals surface area contributed by atoms with Gasteiger partial charge in [-0.05, 0) is 37.0 Å². The van der Waals surface area contributed by atoms with Crippen LogP contribution in [0.3, 0.4) is 0 Å². The third kappa shape index (κ3) is 2.14. The number of nitrogens with zero attached hydrogens (tertiary/aromatic N) is 2. The van der Waals surface area contributed by atoms with Gasteiger partial charge in [-0.3, -0.25) is 4.99 Å². The highest BCUT2D eigenvalue weighted by Gasteiger charge is 2.35. The van der Waals surface area contributed by atoms with E-state index in [9.17, 15) is 0 Å². The first kappa shape index (κ1) is 12.0. The molecule has 1 aliphatic carbocycles. The van der Waals surface area contributed by atoms with E-state index in [0.29, 0.717) is 12.0 Å². The van der Waals surface area contributed by atoms with E-state index in [0.717, 1.165) is 22.6 Å². The average molecular weight is 308 g/mol. The van der Waals surface area contributed by atoms with Gasteiger partial charge in [0.2, 0.25) is 0 Å². The van der Waals surface area contributed by atoms with Gasteiger partial charge >= 0.3 is 0 Å². The molecular weight excluding hydrogens is 290 g/mol. The van der Waals surface area contributed by atoms with Crippen molar-refractivity contribution < 1.29 is 0 Å². The molecular formula is C14H18BrN3. The van der Waals surface area contributed by atoms with Crippen molar-refractivity contribution in [2.75, 3.05) is 11.4 Å². The third-order valence-electron chi connectivity index (χ3n) is 4.05. The molecule has 3 nitrogen and oxygen atoms in total. The molecule has 0 amide bonds. The van der Waals surface area contributed by atoms with Crippen LogP contribution in [0.4, 0.5) is 5.69 Å². The molecule has 0 radical (unpaired) electrons. The Kier molecular flexibility index (Phi) is 3.29. The summed E-state index contributed by atoms with van der Waals surface area (Å²) in [5.41, 5.74) is 7.23. The number of halogens is 1. The number of nitrogens with two attached hydrogens (primary N) is 1. The lowest BCUT2D eigenvalue weighted by Gasteiger charge is -2.30. The van der Waals surface area contributed by atoms with Crippen molar-refractivity contribution in [3.63, 3.8) is 0 Å². The molecule has 1 aliphatic heterocycles. The molecule has 1 fully saturated rings. The Morgan fingerprint density at radius 2 is 2.06 bits per heavy atom. The normalized spacial score (nSPS) is 24.6. The molecule has 4 heteroatoms. The second-order valence-electron chi connectivity index (χ2n) is 5.16. The van der Waals surface area contributed by atoms with Gasteiger partial charge in [0.1, 0.15) is 0 Å². The number of benzene rings is 1. The molecule has 96 valence electrons. The van der Waals surface area contributed by atoms with E-state index in [-0.39, 0.29) is 0 Å². The fraction of sp³-hybridized carbons (Fsp3) is 0.500. The van der Waals surface area contributed by atoms with Crippen molar-refractivity contribution in [1.29, 1.82) is 0 Å². The summed E-state index contributed by atoms with van der Waals surface area (Å²) >= 11 is 3.53. The lowest BCUT2D eigenvalue weighted by atomic mass is 9.97. The number of rotatable bonds is 2. The molecule has 1 atom stereocenters. The molecule has 1 saturated carbocycles. The Morgan fingerprint density at radius 3 is 2.78 bits per heavy atom. The topological polar surface area (TPSA) is 41.6 Å². The first-order chi connectivity index (χ1) is 8.75. The molecule has 2 N–H and O–H groups in total. The average Bonchev–Trinajstić information content (AvgIpc) is 2.97. The SMILES string of the molecule is NC1=NCC(C2CCCC2)N1c1cccc(Br)c1. The minimum absolute atomic E-state index is 0.460. The fourth-order valence-electron chi connectivity index (χ4n) is 3.17. The van der Waals surface area contributed by atoms with Crippen LogP contribution in [-0.4, -0.2) is 18.5 Å². The van der Waals surface area contributed by atoms with Gasteiger partial charge in [-0.15, -0.1) is 0 Å². The number of aliphatic imine (C=N–C) groups is 1. The molecule has 18 heavy (non-hydrogen) atoms. The van der Waals surface area contributed by atoms with Crippen molar-refractivity contribution in [2.24, 2.45) is 16.6 Å². The van der Waals surface area contributed by atoms with Crippen LogP contribution in [0, 0.1) is 5.92 Å². The van der Waals surface area contributed by atoms with Crippen LogP contribution in [0.25, 0.3) is 0 Å². The molecule has 1 aromatic rings. The third-order valence-corrected chi connectivity index (χ3v) is 4.54. The van der Waals surface area contributed by atoms with Crippen LogP contribution in [0.1, 0.15) is 25.7 Å². The molecule has 1 unspecified atom stereocenters. The second kappa shape index (κ2) is 4.92. The minimum Gasteiger partial charge on any atom is -0.370 e. The molecule has 2 aliphatic rings. The summed E-state index contributed by atoms with van der Waals surface area (Å²) in [4.78, 5) is 6.68. The summed E-state index contributed by atoms with van der Waals surface area (Å²) < 4.78 is 1.09. The zero-order valence-electron chi connectivity index (χ0n) is 10.3. The predicted octanol–water partition coefficient (Wildman–Crippen LogP) is 3.14. The molecule has 0 spiro atoms. The summed E-state index contributed by atoms with van der Waals surface area (Å²) in [6, 6.07) is 8.78. The van der Waals surface area contributed by atoms with Crippen molar-refractivity contribution >= 4 is 27.6 Å². The van der Waals surface area contributed by atoms with E-state index >= 15 is 0 Å². The van der Waals surface area contributed by atoms with Gasteiger partial charge in [-0.2, -0.15) is 0 Å². The molecule has 3 rings (SSSR count). The largest absolute Gasteiger partial charge is 0.370 e. The number of hydrogen-bond donors (Lipinski definition) is 1. The Balaban J connectivity index is 1.89.